The second-order valence-electron chi connectivity index (χ2n) is 6.14. The van der Waals surface area contributed by atoms with E-state index < -0.39 is 17.7 Å². The molecule has 0 saturated carbocycles. The summed E-state index contributed by atoms with van der Waals surface area (Å²) in [5.74, 6) is -2.51. The van der Waals surface area contributed by atoms with Crippen LogP contribution in [0.15, 0.2) is 18.2 Å². The molecular weight excluding hydrogens is 315 g/mol. The van der Waals surface area contributed by atoms with E-state index in [0.29, 0.717) is 30.5 Å². The maximum absolute atomic E-state index is 13.3. The number of hydrogen-bond donors (Lipinski definition) is 1. The highest BCUT2D eigenvalue weighted by molar-refractivity contribution is 5.96. The Kier molecular flexibility index (Phi) is 5.54. The van der Waals surface area contributed by atoms with E-state index in [1.165, 1.54) is 35.0 Å². The number of likely N-dealkylation sites (tertiary alicyclic amines) is 1. The number of carbonyl (C=O) groups excluding carboxylic acids is 2. The monoisotopic (exact) mass is 336 g/mol. The predicted octanol–water partition coefficient (Wildman–Crippen LogP) is 1.53. The molecule has 6 nitrogen and oxygen atoms in total. The summed E-state index contributed by atoms with van der Waals surface area (Å²) in [7, 11) is 1.50. The fraction of sp³-hybridized carbons (Fsp3) is 0.471. The molecule has 2 amide bonds. The van der Waals surface area contributed by atoms with E-state index in [9.17, 15) is 18.8 Å². The van der Waals surface area contributed by atoms with Gasteiger partial charge >= 0.3 is 5.97 Å². The number of aliphatic carboxylic acids is 1. The van der Waals surface area contributed by atoms with Gasteiger partial charge in [-0.05, 0) is 43.5 Å². The highest BCUT2D eigenvalue weighted by Crippen LogP contribution is 2.17. The zero-order chi connectivity index (χ0) is 17.9. The minimum absolute atomic E-state index is 0.137. The summed E-state index contributed by atoms with van der Waals surface area (Å²) < 4.78 is 13.3. The Hall–Kier alpha value is -2.44. The standard InChI is InChI=1S/C17H21FN2O4/c1-11-8-12(5-6-14(11)18)16(22)19(2)10-15(21)20-7-3-4-13(9-20)17(23)24/h5-6,8,13H,3-4,7,9-10H2,1-2H3,(H,23,24). The number of amides is 2. The molecule has 1 atom stereocenters. The van der Waals surface area contributed by atoms with Crippen LogP contribution in [0.5, 0.6) is 0 Å². The Balaban J connectivity index is 1.98. The van der Waals surface area contributed by atoms with Crippen molar-refractivity contribution in [3.05, 3.63) is 35.1 Å². The van der Waals surface area contributed by atoms with Crippen LogP contribution in [0.25, 0.3) is 0 Å². The van der Waals surface area contributed by atoms with Gasteiger partial charge in [0.2, 0.25) is 5.91 Å². The van der Waals surface area contributed by atoms with Crippen molar-refractivity contribution in [3.8, 4) is 0 Å². The van der Waals surface area contributed by atoms with Crippen molar-refractivity contribution in [2.75, 3.05) is 26.7 Å². The van der Waals surface area contributed by atoms with Gasteiger partial charge in [-0.1, -0.05) is 0 Å². The Morgan fingerprint density at radius 2 is 2.08 bits per heavy atom. The first-order valence-corrected chi connectivity index (χ1v) is 7.81. The third-order valence-electron chi connectivity index (χ3n) is 4.25. The largest absolute Gasteiger partial charge is 0.481 e. The summed E-state index contributed by atoms with van der Waals surface area (Å²) >= 11 is 0. The lowest BCUT2D eigenvalue weighted by Gasteiger charge is -2.32. The molecule has 0 bridgehead atoms. The van der Waals surface area contributed by atoms with E-state index in [0.717, 1.165) is 0 Å². The van der Waals surface area contributed by atoms with Crippen molar-refractivity contribution >= 4 is 17.8 Å². The number of piperidine rings is 1. The number of likely N-dealkylation sites (N-methyl/N-ethyl adjacent to an activating group) is 1. The summed E-state index contributed by atoms with van der Waals surface area (Å²) in [6, 6.07) is 4.05. The summed E-state index contributed by atoms with van der Waals surface area (Å²) in [6.45, 7) is 2.10. The molecule has 1 N–H and O–H groups in total. The SMILES string of the molecule is Cc1cc(C(=O)N(C)CC(=O)N2CCCC(C(=O)O)C2)ccc1F. The second kappa shape index (κ2) is 7.42. The Morgan fingerprint density at radius 3 is 2.71 bits per heavy atom. The molecule has 0 aliphatic carbocycles. The number of benzene rings is 1. The Labute approximate surface area is 139 Å². The maximum atomic E-state index is 13.3. The van der Waals surface area contributed by atoms with Crippen LogP contribution < -0.4 is 0 Å². The summed E-state index contributed by atoms with van der Waals surface area (Å²) in [6.07, 6.45) is 1.19. The number of aryl methyl sites for hydroxylation is 1. The third-order valence-corrected chi connectivity index (χ3v) is 4.25. The van der Waals surface area contributed by atoms with Crippen molar-refractivity contribution in [3.63, 3.8) is 0 Å². The molecule has 7 heteroatoms. The second-order valence-corrected chi connectivity index (χ2v) is 6.14. The van der Waals surface area contributed by atoms with Gasteiger partial charge in [-0.3, -0.25) is 14.4 Å². The number of carbonyl (C=O) groups is 3. The fourth-order valence-electron chi connectivity index (χ4n) is 2.78. The van der Waals surface area contributed by atoms with Crippen molar-refractivity contribution in [2.45, 2.75) is 19.8 Å². The third kappa shape index (κ3) is 4.10. The molecule has 1 aromatic carbocycles. The van der Waals surface area contributed by atoms with Crippen LogP contribution in [0.2, 0.25) is 0 Å². The first-order valence-electron chi connectivity index (χ1n) is 7.81. The van der Waals surface area contributed by atoms with E-state index in [1.807, 2.05) is 0 Å². The van der Waals surface area contributed by atoms with E-state index in [4.69, 9.17) is 5.11 Å². The minimum Gasteiger partial charge on any atom is -0.481 e. The van der Waals surface area contributed by atoms with Gasteiger partial charge in [0.05, 0.1) is 12.5 Å². The predicted molar refractivity (Wildman–Crippen MR) is 85.0 cm³/mol. The Bertz CT molecular complexity index is 662. The average molecular weight is 336 g/mol. The zero-order valence-electron chi connectivity index (χ0n) is 13.8. The van der Waals surface area contributed by atoms with Crippen LogP contribution in [0.1, 0.15) is 28.8 Å². The van der Waals surface area contributed by atoms with Crippen LogP contribution in [0.3, 0.4) is 0 Å². The van der Waals surface area contributed by atoms with Gasteiger partial charge in [0.15, 0.2) is 0 Å². The summed E-state index contributed by atoms with van der Waals surface area (Å²) in [4.78, 5) is 38.5. The lowest BCUT2D eigenvalue weighted by atomic mass is 9.98. The highest BCUT2D eigenvalue weighted by atomic mass is 19.1. The van der Waals surface area contributed by atoms with Crippen molar-refractivity contribution in [1.29, 1.82) is 0 Å². The molecule has 1 fully saturated rings. The molecule has 1 aromatic rings. The molecule has 0 aromatic heterocycles. The molecule has 0 spiro atoms. The van der Waals surface area contributed by atoms with Crippen LogP contribution in [-0.2, 0) is 9.59 Å². The number of nitrogens with zero attached hydrogens (tertiary/aromatic N) is 2. The molecule has 130 valence electrons. The first-order chi connectivity index (χ1) is 11.3. The number of carboxylic acid groups (broad SMARTS) is 1. The topological polar surface area (TPSA) is 77.9 Å². The molecule has 1 unspecified atom stereocenters. The molecule has 1 aliphatic heterocycles. The number of carboxylic acids is 1. The van der Waals surface area contributed by atoms with Gasteiger partial charge in [-0.2, -0.15) is 0 Å². The minimum atomic E-state index is -0.904. The van der Waals surface area contributed by atoms with E-state index in [-0.39, 0.29) is 24.9 Å². The van der Waals surface area contributed by atoms with Crippen molar-refractivity contribution in [1.82, 2.24) is 9.80 Å². The van der Waals surface area contributed by atoms with E-state index in [1.54, 1.807) is 6.92 Å². The van der Waals surface area contributed by atoms with Crippen LogP contribution >= 0.6 is 0 Å². The van der Waals surface area contributed by atoms with Gasteiger partial charge in [0.1, 0.15) is 5.82 Å². The molecular formula is C17H21FN2O4. The van der Waals surface area contributed by atoms with Crippen molar-refractivity contribution < 1.29 is 23.9 Å². The van der Waals surface area contributed by atoms with Gasteiger partial charge in [-0.15, -0.1) is 0 Å². The van der Waals surface area contributed by atoms with Gasteiger partial charge in [0, 0.05) is 25.7 Å². The summed E-state index contributed by atoms with van der Waals surface area (Å²) in [5, 5.41) is 9.07. The first kappa shape index (κ1) is 17.9. The maximum Gasteiger partial charge on any atom is 0.308 e. The smallest absolute Gasteiger partial charge is 0.308 e. The lowest BCUT2D eigenvalue weighted by molar-refractivity contribution is -0.145. The molecule has 1 heterocycles. The van der Waals surface area contributed by atoms with Gasteiger partial charge < -0.3 is 14.9 Å². The summed E-state index contributed by atoms with van der Waals surface area (Å²) in [5.41, 5.74) is 0.673. The normalized spacial score (nSPS) is 17.5. The molecule has 0 radical (unpaired) electrons. The molecule has 1 aliphatic rings. The van der Waals surface area contributed by atoms with E-state index in [2.05, 4.69) is 0 Å². The number of hydrogen-bond acceptors (Lipinski definition) is 3. The van der Waals surface area contributed by atoms with Gasteiger partial charge in [-0.25, -0.2) is 4.39 Å². The van der Waals surface area contributed by atoms with Crippen molar-refractivity contribution in [2.24, 2.45) is 5.92 Å². The number of rotatable bonds is 4. The Morgan fingerprint density at radius 1 is 1.38 bits per heavy atom. The zero-order valence-corrected chi connectivity index (χ0v) is 13.8. The number of halogens is 1. The molecule has 2 rings (SSSR count). The fourth-order valence-corrected chi connectivity index (χ4v) is 2.78. The quantitative estimate of drug-likeness (QED) is 0.904. The van der Waals surface area contributed by atoms with Crippen LogP contribution in [0, 0.1) is 18.7 Å². The van der Waals surface area contributed by atoms with E-state index >= 15 is 0 Å². The highest BCUT2D eigenvalue weighted by Gasteiger charge is 2.29. The van der Waals surface area contributed by atoms with Crippen LogP contribution in [0.4, 0.5) is 4.39 Å². The molecule has 1 saturated heterocycles. The van der Waals surface area contributed by atoms with Crippen LogP contribution in [-0.4, -0.2) is 59.4 Å². The average Bonchev–Trinajstić information content (AvgIpc) is 2.56. The van der Waals surface area contributed by atoms with Gasteiger partial charge in [0.25, 0.3) is 5.91 Å². The lowest BCUT2D eigenvalue weighted by Crippen LogP contribution is -2.46. The molecule has 24 heavy (non-hydrogen) atoms.